The van der Waals surface area contributed by atoms with Crippen LogP contribution in [0.2, 0.25) is 0 Å². The van der Waals surface area contributed by atoms with Crippen LogP contribution in [0.3, 0.4) is 0 Å². The second-order valence-electron chi connectivity index (χ2n) is 6.01. The van der Waals surface area contributed by atoms with Crippen LogP contribution in [0.25, 0.3) is 0 Å². The van der Waals surface area contributed by atoms with E-state index >= 15 is 0 Å². The number of carbonyl (C=O) groups excluding carboxylic acids is 1. The third-order valence-electron chi connectivity index (χ3n) is 4.01. The van der Waals surface area contributed by atoms with Gasteiger partial charge in [-0.3, -0.25) is 9.59 Å². The smallest absolute Gasteiger partial charge is 0.305 e. The Kier molecular flexibility index (Phi) is 6.70. The van der Waals surface area contributed by atoms with Gasteiger partial charge in [-0.2, -0.15) is 0 Å². The van der Waals surface area contributed by atoms with E-state index < -0.39 is 27.9 Å². The molecule has 1 unspecified atom stereocenters. The van der Waals surface area contributed by atoms with Crippen LogP contribution in [0.5, 0.6) is 0 Å². The van der Waals surface area contributed by atoms with E-state index in [1.165, 1.54) is 24.3 Å². The minimum atomic E-state index is -3.60. The van der Waals surface area contributed by atoms with Crippen molar-refractivity contribution in [1.82, 2.24) is 10.0 Å². The first-order valence-electron chi connectivity index (χ1n) is 8.42. The Labute approximate surface area is 158 Å². The number of sulfonamides is 1. The second kappa shape index (κ2) is 8.79. The molecule has 1 atom stereocenters. The molecule has 2 rings (SSSR count). The summed E-state index contributed by atoms with van der Waals surface area (Å²) < 4.78 is 26.3. The van der Waals surface area contributed by atoms with E-state index in [4.69, 9.17) is 0 Å². The van der Waals surface area contributed by atoms with Gasteiger partial charge in [0.25, 0.3) is 5.91 Å². The lowest BCUT2D eigenvalue weighted by Gasteiger charge is -2.19. The summed E-state index contributed by atoms with van der Waals surface area (Å²) in [5.74, 6) is -1.51. The molecule has 0 saturated carbocycles. The number of carboxylic acid groups (broad SMARTS) is 1. The van der Waals surface area contributed by atoms with E-state index in [9.17, 15) is 23.1 Å². The maximum absolute atomic E-state index is 12.5. The number of hydrogen-bond acceptors (Lipinski definition) is 4. The van der Waals surface area contributed by atoms with Gasteiger partial charge in [-0.05, 0) is 42.3 Å². The van der Waals surface area contributed by atoms with Crippen molar-refractivity contribution in [3.63, 3.8) is 0 Å². The number of carbonyl (C=O) groups is 2. The quantitative estimate of drug-likeness (QED) is 0.640. The van der Waals surface area contributed by atoms with Gasteiger partial charge in [-0.25, -0.2) is 13.1 Å². The molecule has 27 heavy (non-hydrogen) atoms. The van der Waals surface area contributed by atoms with Crippen molar-refractivity contribution in [3.05, 3.63) is 65.2 Å². The van der Waals surface area contributed by atoms with Crippen LogP contribution in [-0.4, -0.2) is 31.9 Å². The fraction of sp³-hybridized carbons (Fsp3) is 0.263. The normalized spacial score (nSPS) is 12.4. The first-order chi connectivity index (χ1) is 12.7. The highest BCUT2D eigenvalue weighted by molar-refractivity contribution is 7.89. The zero-order chi connectivity index (χ0) is 20.0. The molecule has 8 heteroatoms. The third kappa shape index (κ3) is 5.38. The van der Waals surface area contributed by atoms with Crippen LogP contribution in [0.15, 0.2) is 53.4 Å². The summed E-state index contributed by atoms with van der Waals surface area (Å²) in [6, 6.07) is 12.0. The Morgan fingerprint density at radius 2 is 1.70 bits per heavy atom. The van der Waals surface area contributed by atoms with Crippen LogP contribution >= 0.6 is 0 Å². The van der Waals surface area contributed by atoms with Gasteiger partial charge in [0.05, 0.1) is 17.4 Å². The van der Waals surface area contributed by atoms with Crippen LogP contribution in [0.4, 0.5) is 0 Å². The zero-order valence-electron chi connectivity index (χ0n) is 15.1. The molecule has 0 aromatic heterocycles. The van der Waals surface area contributed by atoms with Crippen LogP contribution in [0, 0.1) is 6.92 Å². The number of benzene rings is 2. The molecule has 0 aliphatic heterocycles. The highest BCUT2D eigenvalue weighted by Gasteiger charge is 2.21. The Bertz CT molecular complexity index is 923. The minimum absolute atomic E-state index is 0.0573. The van der Waals surface area contributed by atoms with Crippen molar-refractivity contribution in [2.24, 2.45) is 0 Å². The van der Waals surface area contributed by atoms with Crippen molar-refractivity contribution in [2.45, 2.75) is 31.2 Å². The zero-order valence-corrected chi connectivity index (χ0v) is 15.9. The number of hydrogen-bond donors (Lipinski definition) is 3. The molecule has 2 aromatic carbocycles. The largest absolute Gasteiger partial charge is 0.481 e. The Morgan fingerprint density at radius 3 is 2.26 bits per heavy atom. The summed E-state index contributed by atoms with van der Waals surface area (Å²) in [7, 11) is -3.60. The number of rotatable bonds is 8. The van der Waals surface area contributed by atoms with Crippen LogP contribution < -0.4 is 10.0 Å². The molecule has 1 amide bonds. The molecule has 7 nitrogen and oxygen atoms in total. The van der Waals surface area contributed by atoms with E-state index in [1.807, 2.05) is 19.1 Å². The van der Waals surface area contributed by atoms with Gasteiger partial charge in [0.2, 0.25) is 10.0 Å². The Balaban J connectivity index is 2.22. The van der Waals surface area contributed by atoms with E-state index in [0.29, 0.717) is 0 Å². The first kappa shape index (κ1) is 20.6. The minimum Gasteiger partial charge on any atom is -0.481 e. The van der Waals surface area contributed by atoms with E-state index in [1.54, 1.807) is 19.1 Å². The summed E-state index contributed by atoms with van der Waals surface area (Å²) in [5.41, 5.74) is 1.84. The van der Waals surface area contributed by atoms with Crippen molar-refractivity contribution >= 4 is 21.9 Å². The molecule has 144 valence electrons. The highest BCUT2D eigenvalue weighted by Crippen LogP contribution is 2.21. The van der Waals surface area contributed by atoms with Crippen LogP contribution in [0.1, 0.15) is 40.9 Å². The van der Waals surface area contributed by atoms with Gasteiger partial charge in [-0.1, -0.05) is 31.2 Å². The molecule has 0 heterocycles. The lowest BCUT2D eigenvalue weighted by Crippen LogP contribution is -2.30. The molecule has 0 spiro atoms. The van der Waals surface area contributed by atoms with Gasteiger partial charge in [-0.15, -0.1) is 0 Å². The monoisotopic (exact) mass is 390 g/mol. The summed E-state index contributed by atoms with van der Waals surface area (Å²) in [4.78, 5) is 23.8. The van der Waals surface area contributed by atoms with Gasteiger partial charge in [0.15, 0.2) is 0 Å². The average Bonchev–Trinajstić information content (AvgIpc) is 2.61. The van der Waals surface area contributed by atoms with Gasteiger partial charge in [0, 0.05) is 12.1 Å². The maximum Gasteiger partial charge on any atom is 0.305 e. The highest BCUT2D eigenvalue weighted by atomic mass is 32.2. The predicted octanol–water partition coefficient (Wildman–Crippen LogP) is 2.24. The SMILES string of the molecule is CCNS(=O)(=O)c1ccc(C(=O)NC(CC(=O)O)c2ccccc2C)cc1. The summed E-state index contributed by atoms with van der Waals surface area (Å²) >= 11 is 0. The molecule has 0 fully saturated rings. The predicted molar refractivity (Wildman–Crippen MR) is 101 cm³/mol. The first-order valence-corrected chi connectivity index (χ1v) is 9.91. The van der Waals surface area contributed by atoms with Crippen molar-refractivity contribution in [2.75, 3.05) is 6.54 Å². The third-order valence-corrected chi connectivity index (χ3v) is 5.57. The number of nitrogens with one attached hydrogen (secondary N) is 2. The topological polar surface area (TPSA) is 113 Å². The summed E-state index contributed by atoms with van der Waals surface area (Å²) in [5, 5.41) is 11.9. The van der Waals surface area contributed by atoms with Gasteiger partial charge < -0.3 is 10.4 Å². The van der Waals surface area contributed by atoms with E-state index in [-0.39, 0.29) is 23.4 Å². The van der Waals surface area contributed by atoms with E-state index in [2.05, 4.69) is 10.0 Å². The van der Waals surface area contributed by atoms with E-state index in [0.717, 1.165) is 11.1 Å². The molecule has 0 aliphatic rings. The molecular formula is C19H22N2O5S. The Hall–Kier alpha value is -2.71. The van der Waals surface area contributed by atoms with Crippen LogP contribution in [-0.2, 0) is 14.8 Å². The fourth-order valence-corrected chi connectivity index (χ4v) is 3.73. The maximum atomic E-state index is 12.5. The molecule has 3 N–H and O–H groups in total. The van der Waals surface area contributed by atoms with Gasteiger partial charge >= 0.3 is 5.97 Å². The van der Waals surface area contributed by atoms with Gasteiger partial charge in [0.1, 0.15) is 0 Å². The molecule has 2 aromatic rings. The summed E-state index contributed by atoms with van der Waals surface area (Å²) in [6.45, 7) is 3.78. The average molecular weight is 390 g/mol. The van der Waals surface area contributed by atoms with Crippen molar-refractivity contribution < 1.29 is 23.1 Å². The van der Waals surface area contributed by atoms with Crippen molar-refractivity contribution in [1.29, 1.82) is 0 Å². The Morgan fingerprint density at radius 1 is 1.07 bits per heavy atom. The molecular weight excluding hydrogens is 368 g/mol. The number of carboxylic acids is 1. The molecule has 0 aliphatic carbocycles. The number of amides is 1. The summed E-state index contributed by atoms with van der Waals surface area (Å²) in [6.07, 6.45) is -0.260. The second-order valence-corrected chi connectivity index (χ2v) is 7.77. The lowest BCUT2D eigenvalue weighted by molar-refractivity contribution is -0.137. The molecule has 0 radical (unpaired) electrons. The standard InChI is InChI=1S/C19H22N2O5S/c1-3-20-27(25,26)15-10-8-14(9-11-15)19(24)21-17(12-18(22)23)16-7-5-4-6-13(16)2/h4-11,17,20H,3,12H2,1-2H3,(H,21,24)(H,22,23). The molecule has 0 saturated heterocycles. The number of aliphatic carboxylic acids is 1. The van der Waals surface area contributed by atoms with Crippen molar-refractivity contribution in [3.8, 4) is 0 Å². The number of aryl methyl sites for hydroxylation is 1. The fourth-order valence-electron chi connectivity index (χ4n) is 2.69. The molecule has 0 bridgehead atoms. The lowest BCUT2D eigenvalue weighted by atomic mass is 9.98.